The zero-order chi connectivity index (χ0) is 66.7. The normalized spacial score (nSPS) is 12.1. The van der Waals surface area contributed by atoms with Gasteiger partial charge in [-0.1, -0.05) is 328 Å². The second kappa shape index (κ2) is 22.1. The third-order valence-corrected chi connectivity index (χ3v) is 22.6. The Balaban J connectivity index is 1.06. The number of hydrogen-bond donors (Lipinski definition) is 0. The molecule has 22 rings (SSSR count). The minimum Gasteiger partial charge on any atom is -0.0622 e. The predicted octanol–water partition coefficient (Wildman–Crippen LogP) is 29.0. The van der Waals surface area contributed by atoms with Gasteiger partial charge in [0.1, 0.15) is 0 Å². The van der Waals surface area contributed by atoms with Crippen molar-refractivity contribution in [1.29, 1.82) is 0 Å². The van der Waals surface area contributed by atoms with E-state index in [1.165, 1.54) is 228 Å². The quantitative estimate of drug-likeness (QED) is 0.115. The monoisotopic (exact) mass is 1280 g/mol. The lowest BCUT2D eigenvalue weighted by atomic mass is 9.78. The van der Waals surface area contributed by atoms with Crippen LogP contribution in [0.4, 0.5) is 0 Å². The molecule has 0 aliphatic rings. The third-order valence-electron chi connectivity index (χ3n) is 22.6. The molecule has 0 unspecified atom stereocenters. The smallest absolute Gasteiger partial charge is 0.000763 e. The summed E-state index contributed by atoms with van der Waals surface area (Å²) >= 11 is 0. The van der Waals surface area contributed by atoms with Gasteiger partial charge in [-0.25, -0.2) is 0 Å². The fourth-order valence-electron chi connectivity index (χ4n) is 18.6. The number of fused-ring (bicyclic) bond motifs is 27. The molecule has 22 aromatic carbocycles. The first-order valence-electron chi connectivity index (χ1n) is 35.6. The maximum atomic E-state index is 2.64. The fraction of sp³-hybridized carbons (Fsp3) is 0. The SMILES string of the molecule is c1ccc(-c2c3cc4c5cc6c(-c7ccccc7)c7c8ccccc8c8ccccc8c7c(-c7ccccc7)c6cc5c5cc6c(-c7ccccc7)c7c8ccccc8c8ccccc8c7c(-c7ccccc7)c6cc5c4cc3c(-c3ccccc3)c3c4ccccc4c4ccccc4c23)cc1. The van der Waals surface area contributed by atoms with Gasteiger partial charge in [-0.3, -0.25) is 0 Å². The summed E-state index contributed by atoms with van der Waals surface area (Å²) in [6, 6.07) is 138. The molecule has 0 aliphatic carbocycles. The molecule has 0 saturated heterocycles. The first-order chi connectivity index (χ1) is 50.7. The first kappa shape index (κ1) is 56.7. The molecule has 0 bridgehead atoms. The van der Waals surface area contributed by atoms with Crippen molar-refractivity contribution in [3.05, 3.63) is 364 Å². The van der Waals surface area contributed by atoms with E-state index >= 15 is 0 Å². The number of rotatable bonds is 6. The van der Waals surface area contributed by atoms with Gasteiger partial charge in [0.25, 0.3) is 0 Å². The van der Waals surface area contributed by atoms with Crippen LogP contribution in [0.2, 0.25) is 0 Å². The molecule has 22 aromatic rings. The van der Waals surface area contributed by atoms with Gasteiger partial charge >= 0.3 is 0 Å². The Kier molecular flexibility index (Phi) is 12.3. The highest BCUT2D eigenvalue weighted by Gasteiger charge is 2.29. The summed E-state index contributed by atoms with van der Waals surface area (Å²) < 4.78 is 0. The van der Waals surface area contributed by atoms with Gasteiger partial charge in [0.05, 0.1) is 0 Å². The molecule has 0 aliphatic heterocycles. The van der Waals surface area contributed by atoms with Crippen LogP contribution in [0.5, 0.6) is 0 Å². The highest BCUT2D eigenvalue weighted by molar-refractivity contribution is 6.44. The average molecular weight is 1290 g/mol. The largest absolute Gasteiger partial charge is 0.0622 e. The van der Waals surface area contributed by atoms with E-state index in [1.807, 2.05) is 0 Å². The molecule has 0 saturated carbocycles. The summed E-state index contributed by atoms with van der Waals surface area (Å²) in [4.78, 5) is 0. The van der Waals surface area contributed by atoms with Gasteiger partial charge in [-0.05, 0) is 265 Å². The van der Waals surface area contributed by atoms with Crippen molar-refractivity contribution in [3.8, 4) is 66.8 Å². The van der Waals surface area contributed by atoms with Crippen LogP contribution in [0.25, 0.3) is 228 Å². The summed E-state index contributed by atoms with van der Waals surface area (Å²) in [5, 5.41) is 37.1. The minimum absolute atomic E-state index is 1.19. The Hall–Kier alpha value is -13.3. The molecule has 0 radical (unpaired) electrons. The maximum absolute atomic E-state index is 2.64. The summed E-state index contributed by atoms with van der Waals surface area (Å²) in [6.07, 6.45) is 0. The molecule has 0 N–H and O–H groups in total. The Morgan fingerprint density at radius 1 is 0.0882 bits per heavy atom. The molecule has 0 nitrogen and oxygen atoms in total. The van der Waals surface area contributed by atoms with Crippen LogP contribution in [0.1, 0.15) is 0 Å². The zero-order valence-corrected chi connectivity index (χ0v) is 55.6. The van der Waals surface area contributed by atoms with E-state index in [0.717, 1.165) is 0 Å². The highest BCUT2D eigenvalue weighted by atomic mass is 14.3. The highest BCUT2D eigenvalue weighted by Crippen LogP contribution is 2.57. The predicted molar refractivity (Wildman–Crippen MR) is 442 cm³/mol. The molecule has 0 atom stereocenters. The van der Waals surface area contributed by atoms with Crippen molar-refractivity contribution in [2.45, 2.75) is 0 Å². The lowest BCUT2D eigenvalue weighted by Crippen LogP contribution is -1.97. The second-order valence-electron chi connectivity index (χ2n) is 27.8. The Bertz CT molecular complexity index is 6170. The Labute approximate surface area is 588 Å². The van der Waals surface area contributed by atoms with Gasteiger partial charge in [0, 0.05) is 0 Å². The van der Waals surface area contributed by atoms with E-state index in [-0.39, 0.29) is 0 Å². The van der Waals surface area contributed by atoms with Crippen LogP contribution < -0.4 is 0 Å². The fourth-order valence-corrected chi connectivity index (χ4v) is 18.6. The summed E-state index contributed by atoms with van der Waals surface area (Å²) in [5.74, 6) is 0. The Morgan fingerprint density at radius 3 is 0.343 bits per heavy atom. The topological polar surface area (TPSA) is 0 Å². The molecular formula is C102H60. The van der Waals surface area contributed by atoms with Crippen molar-refractivity contribution in [2.75, 3.05) is 0 Å². The van der Waals surface area contributed by atoms with Crippen molar-refractivity contribution in [2.24, 2.45) is 0 Å². The van der Waals surface area contributed by atoms with Crippen molar-refractivity contribution < 1.29 is 0 Å². The molecule has 0 spiro atoms. The van der Waals surface area contributed by atoms with Crippen LogP contribution >= 0.6 is 0 Å². The van der Waals surface area contributed by atoms with Crippen LogP contribution in [0.15, 0.2) is 364 Å². The van der Waals surface area contributed by atoms with E-state index in [0.29, 0.717) is 0 Å². The van der Waals surface area contributed by atoms with Crippen LogP contribution in [-0.4, -0.2) is 0 Å². The van der Waals surface area contributed by atoms with Crippen LogP contribution in [0.3, 0.4) is 0 Å². The van der Waals surface area contributed by atoms with Gasteiger partial charge in [0.2, 0.25) is 0 Å². The second-order valence-corrected chi connectivity index (χ2v) is 27.8. The molecule has 102 heavy (non-hydrogen) atoms. The molecule has 0 fully saturated rings. The molecule has 0 aromatic heterocycles. The van der Waals surface area contributed by atoms with Crippen molar-refractivity contribution >= 4 is 162 Å². The van der Waals surface area contributed by atoms with Gasteiger partial charge in [0.15, 0.2) is 0 Å². The van der Waals surface area contributed by atoms with Gasteiger partial charge in [-0.2, -0.15) is 0 Å². The van der Waals surface area contributed by atoms with Crippen molar-refractivity contribution in [1.82, 2.24) is 0 Å². The third kappa shape index (κ3) is 8.09. The zero-order valence-electron chi connectivity index (χ0n) is 55.6. The van der Waals surface area contributed by atoms with Gasteiger partial charge in [-0.15, -0.1) is 0 Å². The van der Waals surface area contributed by atoms with E-state index in [1.54, 1.807) is 0 Å². The van der Waals surface area contributed by atoms with Crippen LogP contribution in [-0.2, 0) is 0 Å². The van der Waals surface area contributed by atoms with E-state index in [9.17, 15) is 0 Å². The number of benzene rings is 22. The maximum Gasteiger partial charge on any atom is -0.000763 e. The van der Waals surface area contributed by atoms with Gasteiger partial charge < -0.3 is 0 Å². The van der Waals surface area contributed by atoms with Crippen LogP contribution in [0, 0.1) is 0 Å². The molecular weight excluding hydrogens is 1230 g/mol. The lowest BCUT2D eigenvalue weighted by Gasteiger charge is -2.25. The molecule has 0 heteroatoms. The molecule has 468 valence electrons. The average Bonchev–Trinajstić information content (AvgIpc) is 0.694. The number of hydrogen-bond acceptors (Lipinski definition) is 0. The van der Waals surface area contributed by atoms with Crippen molar-refractivity contribution in [3.63, 3.8) is 0 Å². The lowest BCUT2D eigenvalue weighted by molar-refractivity contribution is 1.67. The van der Waals surface area contributed by atoms with E-state index in [4.69, 9.17) is 0 Å². The first-order valence-corrected chi connectivity index (χ1v) is 35.6. The standard InChI is InChI=1S/C102H60/c1-7-31-61(32-8-1)91-85-55-79-80(56-86(85)92(62-33-9-2-10-34-62)98-74-50-26-20-44-68(74)67-43-19-25-49-73(67)97(91)98)82-58-88-90(96(66-41-17-6-18-42-66)102-78-54-30-24-48-72(78)71-47-22-28-52-76(71)100(102)94(88)64-37-13-4-14-38-64)60-84(82)83-59-89-87(57-81(79)83)93(63-35-11-3-12-36-63)99-75-51-27-21-45-69(75)70-46-23-29-53-77(70)101(99)95(89)65-39-15-5-16-40-65/h1-60H. The minimum atomic E-state index is 1.19. The summed E-state index contributed by atoms with van der Waals surface area (Å²) in [5.41, 5.74) is 14.5. The van der Waals surface area contributed by atoms with E-state index < -0.39 is 0 Å². The summed E-state index contributed by atoms with van der Waals surface area (Å²) in [6.45, 7) is 0. The molecule has 0 heterocycles. The van der Waals surface area contributed by atoms with E-state index in [2.05, 4.69) is 364 Å². The summed E-state index contributed by atoms with van der Waals surface area (Å²) in [7, 11) is 0. The molecule has 0 amide bonds. The Morgan fingerprint density at radius 2 is 0.206 bits per heavy atom.